The summed E-state index contributed by atoms with van der Waals surface area (Å²) in [7, 11) is 1.68. The van der Waals surface area contributed by atoms with Crippen molar-refractivity contribution in [2.75, 3.05) is 20.3 Å². The maximum absolute atomic E-state index is 5.81. The van der Waals surface area contributed by atoms with Crippen molar-refractivity contribution < 1.29 is 9.47 Å². The van der Waals surface area contributed by atoms with Crippen LogP contribution in [0.1, 0.15) is 32.8 Å². The first-order valence-electron chi connectivity index (χ1n) is 6.67. The highest BCUT2D eigenvalue weighted by molar-refractivity contribution is 5.42. The van der Waals surface area contributed by atoms with Crippen LogP contribution in [0.3, 0.4) is 0 Å². The van der Waals surface area contributed by atoms with Gasteiger partial charge < -0.3 is 14.8 Å². The Bertz CT molecular complexity index is 350. The minimum Gasteiger partial charge on any atom is -0.493 e. The molecule has 0 fully saturated rings. The average Bonchev–Trinajstić information content (AvgIpc) is 2.36. The van der Waals surface area contributed by atoms with E-state index in [1.54, 1.807) is 7.11 Å². The second-order valence-corrected chi connectivity index (χ2v) is 4.80. The molecule has 0 aliphatic carbocycles. The second kappa shape index (κ2) is 7.98. The molecule has 3 heteroatoms. The molecule has 3 nitrogen and oxygen atoms in total. The number of hydrogen-bond acceptors (Lipinski definition) is 3. The van der Waals surface area contributed by atoms with Crippen LogP contribution in [-0.2, 0) is 6.54 Å². The number of nitrogens with one attached hydrogen (secondary N) is 1. The van der Waals surface area contributed by atoms with Crippen LogP contribution >= 0.6 is 0 Å². The van der Waals surface area contributed by atoms with Gasteiger partial charge in [-0.1, -0.05) is 26.8 Å². The zero-order valence-electron chi connectivity index (χ0n) is 12.0. The minimum atomic E-state index is 0.654. The molecule has 0 aliphatic rings. The maximum atomic E-state index is 5.81. The van der Waals surface area contributed by atoms with Gasteiger partial charge in [-0.15, -0.1) is 0 Å². The molecule has 0 radical (unpaired) electrons. The summed E-state index contributed by atoms with van der Waals surface area (Å²) >= 11 is 0. The lowest BCUT2D eigenvalue weighted by atomic mass is 10.1. The minimum absolute atomic E-state index is 0.654. The molecule has 0 bridgehead atoms. The van der Waals surface area contributed by atoms with Gasteiger partial charge in [-0.3, -0.25) is 0 Å². The van der Waals surface area contributed by atoms with Gasteiger partial charge in [-0.2, -0.15) is 0 Å². The SMILES string of the molecule is CCNCc1ccc(OC)c(OCCC(C)C)c1. The monoisotopic (exact) mass is 251 g/mol. The highest BCUT2D eigenvalue weighted by Gasteiger charge is 2.06. The third-order valence-corrected chi connectivity index (χ3v) is 2.76. The molecular formula is C15H25NO2. The van der Waals surface area contributed by atoms with E-state index in [-0.39, 0.29) is 0 Å². The van der Waals surface area contributed by atoms with Crippen LogP contribution in [0.15, 0.2) is 18.2 Å². The zero-order chi connectivity index (χ0) is 13.4. The lowest BCUT2D eigenvalue weighted by Gasteiger charge is -2.13. The van der Waals surface area contributed by atoms with Crippen LogP contribution in [0.4, 0.5) is 0 Å². The fourth-order valence-corrected chi connectivity index (χ4v) is 1.62. The van der Waals surface area contributed by atoms with Crippen LogP contribution in [0, 0.1) is 5.92 Å². The lowest BCUT2D eigenvalue weighted by molar-refractivity contribution is 0.272. The van der Waals surface area contributed by atoms with Gasteiger partial charge in [0.05, 0.1) is 13.7 Å². The number of ether oxygens (including phenoxy) is 2. The van der Waals surface area contributed by atoms with Crippen LogP contribution in [-0.4, -0.2) is 20.3 Å². The normalized spacial score (nSPS) is 10.7. The molecule has 102 valence electrons. The molecular weight excluding hydrogens is 226 g/mol. The molecule has 0 aliphatic heterocycles. The molecule has 0 unspecified atom stereocenters. The van der Waals surface area contributed by atoms with E-state index in [9.17, 15) is 0 Å². The number of benzene rings is 1. The van der Waals surface area contributed by atoms with Crippen LogP contribution < -0.4 is 14.8 Å². The number of rotatable bonds is 8. The Labute approximate surface area is 110 Å². The third kappa shape index (κ3) is 4.96. The Morgan fingerprint density at radius 2 is 2.00 bits per heavy atom. The van der Waals surface area contributed by atoms with Gasteiger partial charge in [0, 0.05) is 6.54 Å². The largest absolute Gasteiger partial charge is 0.493 e. The summed E-state index contributed by atoms with van der Waals surface area (Å²) in [6.45, 7) is 9.06. The second-order valence-electron chi connectivity index (χ2n) is 4.80. The molecule has 1 rings (SSSR count). The van der Waals surface area contributed by atoms with E-state index in [0.29, 0.717) is 5.92 Å². The summed E-state index contributed by atoms with van der Waals surface area (Å²) in [5, 5.41) is 3.31. The Kier molecular flexibility index (Phi) is 6.58. The van der Waals surface area contributed by atoms with Crippen molar-refractivity contribution in [3.05, 3.63) is 23.8 Å². The van der Waals surface area contributed by atoms with Crippen LogP contribution in [0.5, 0.6) is 11.5 Å². The molecule has 0 saturated heterocycles. The number of hydrogen-bond donors (Lipinski definition) is 1. The molecule has 18 heavy (non-hydrogen) atoms. The van der Waals surface area contributed by atoms with E-state index >= 15 is 0 Å². The Balaban J connectivity index is 2.66. The van der Waals surface area contributed by atoms with E-state index < -0.39 is 0 Å². The predicted octanol–water partition coefficient (Wildman–Crippen LogP) is 3.23. The van der Waals surface area contributed by atoms with E-state index in [2.05, 4.69) is 38.2 Å². The molecule has 1 aromatic rings. The van der Waals surface area contributed by atoms with Gasteiger partial charge in [-0.25, -0.2) is 0 Å². The van der Waals surface area contributed by atoms with Crippen molar-refractivity contribution >= 4 is 0 Å². The van der Waals surface area contributed by atoms with E-state index in [4.69, 9.17) is 9.47 Å². The summed E-state index contributed by atoms with van der Waals surface area (Å²) in [6.07, 6.45) is 1.06. The summed E-state index contributed by atoms with van der Waals surface area (Å²) in [5.74, 6) is 2.30. The Morgan fingerprint density at radius 3 is 2.61 bits per heavy atom. The average molecular weight is 251 g/mol. The van der Waals surface area contributed by atoms with Crippen molar-refractivity contribution in [2.45, 2.75) is 33.7 Å². The van der Waals surface area contributed by atoms with E-state index in [1.165, 1.54) is 5.56 Å². The molecule has 0 saturated carbocycles. The van der Waals surface area contributed by atoms with Crippen LogP contribution in [0.2, 0.25) is 0 Å². The summed E-state index contributed by atoms with van der Waals surface area (Å²) in [5.41, 5.74) is 1.22. The summed E-state index contributed by atoms with van der Waals surface area (Å²) < 4.78 is 11.1. The third-order valence-electron chi connectivity index (χ3n) is 2.76. The Morgan fingerprint density at radius 1 is 1.22 bits per heavy atom. The van der Waals surface area contributed by atoms with Gasteiger partial charge in [0.15, 0.2) is 11.5 Å². The fraction of sp³-hybridized carbons (Fsp3) is 0.600. The molecule has 0 spiro atoms. The standard InChI is InChI=1S/C15H25NO2/c1-5-16-11-13-6-7-14(17-4)15(10-13)18-9-8-12(2)3/h6-7,10,12,16H,5,8-9,11H2,1-4H3. The van der Waals surface area contributed by atoms with Gasteiger partial charge in [0.1, 0.15) is 0 Å². The van der Waals surface area contributed by atoms with Crippen molar-refractivity contribution in [1.82, 2.24) is 5.32 Å². The molecule has 0 aromatic heterocycles. The van der Waals surface area contributed by atoms with Gasteiger partial charge in [-0.05, 0) is 36.6 Å². The van der Waals surface area contributed by atoms with Crippen molar-refractivity contribution in [2.24, 2.45) is 5.92 Å². The van der Waals surface area contributed by atoms with E-state index in [1.807, 2.05) is 6.07 Å². The molecule has 0 heterocycles. The van der Waals surface area contributed by atoms with Crippen molar-refractivity contribution in [1.29, 1.82) is 0 Å². The molecule has 1 aromatic carbocycles. The lowest BCUT2D eigenvalue weighted by Crippen LogP contribution is -2.12. The Hall–Kier alpha value is -1.22. The molecule has 0 atom stereocenters. The van der Waals surface area contributed by atoms with Gasteiger partial charge in [0.2, 0.25) is 0 Å². The van der Waals surface area contributed by atoms with Crippen LogP contribution in [0.25, 0.3) is 0 Å². The molecule has 1 N–H and O–H groups in total. The van der Waals surface area contributed by atoms with E-state index in [0.717, 1.165) is 37.6 Å². The highest BCUT2D eigenvalue weighted by atomic mass is 16.5. The van der Waals surface area contributed by atoms with Gasteiger partial charge in [0.25, 0.3) is 0 Å². The first-order chi connectivity index (χ1) is 8.67. The smallest absolute Gasteiger partial charge is 0.161 e. The fourth-order valence-electron chi connectivity index (χ4n) is 1.62. The number of methoxy groups -OCH3 is 1. The van der Waals surface area contributed by atoms with Crippen molar-refractivity contribution in [3.63, 3.8) is 0 Å². The van der Waals surface area contributed by atoms with Gasteiger partial charge >= 0.3 is 0 Å². The predicted molar refractivity (Wildman–Crippen MR) is 75.3 cm³/mol. The highest BCUT2D eigenvalue weighted by Crippen LogP contribution is 2.28. The summed E-state index contributed by atoms with van der Waals surface area (Å²) in [4.78, 5) is 0. The quantitative estimate of drug-likeness (QED) is 0.769. The summed E-state index contributed by atoms with van der Waals surface area (Å²) in [6, 6.07) is 6.09. The first kappa shape index (κ1) is 14.8. The van der Waals surface area contributed by atoms with Crippen molar-refractivity contribution in [3.8, 4) is 11.5 Å². The first-order valence-corrected chi connectivity index (χ1v) is 6.67. The topological polar surface area (TPSA) is 30.5 Å². The maximum Gasteiger partial charge on any atom is 0.161 e. The zero-order valence-corrected chi connectivity index (χ0v) is 12.0. The molecule has 0 amide bonds.